The van der Waals surface area contributed by atoms with Crippen molar-refractivity contribution in [2.45, 2.75) is 24.2 Å². The summed E-state index contributed by atoms with van der Waals surface area (Å²) < 4.78 is 26.9. The largest absolute Gasteiger partial charge is 0.506 e. The number of aromatic nitrogens is 2. The Hall–Kier alpha value is -3.24. The van der Waals surface area contributed by atoms with Gasteiger partial charge in [-0.1, -0.05) is 18.2 Å². The van der Waals surface area contributed by atoms with E-state index in [0.717, 1.165) is 12.8 Å². The number of hydrogen-bond donors (Lipinski definition) is 3. The molecule has 1 fully saturated rings. The number of benzene rings is 2. The number of H-pyrrole nitrogens is 1. The summed E-state index contributed by atoms with van der Waals surface area (Å²) in [6, 6.07) is 10.6. The van der Waals surface area contributed by atoms with Crippen LogP contribution in [0.5, 0.6) is 5.75 Å². The van der Waals surface area contributed by atoms with Crippen LogP contribution in [-0.4, -0.2) is 47.0 Å². The van der Waals surface area contributed by atoms with Crippen molar-refractivity contribution in [2.75, 3.05) is 18.4 Å². The second-order valence-electron chi connectivity index (χ2n) is 7.06. The Morgan fingerprint density at radius 3 is 2.57 bits per heavy atom. The van der Waals surface area contributed by atoms with E-state index < -0.39 is 15.9 Å². The zero-order chi connectivity index (χ0) is 21.3. The van der Waals surface area contributed by atoms with Crippen LogP contribution in [0.2, 0.25) is 0 Å². The van der Waals surface area contributed by atoms with Gasteiger partial charge in [0.2, 0.25) is 15.9 Å². The SMILES string of the molecule is O=C(Cc1n[nH]c(=O)c2ccccc12)Nc1cc(S(=O)(=O)N2CCCC2)ccc1O. The van der Waals surface area contributed by atoms with Gasteiger partial charge in [0.05, 0.1) is 28.1 Å². The van der Waals surface area contributed by atoms with E-state index >= 15 is 0 Å². The second kappa shape index (κ2) is 7.88. The van der Waals surface area contributed by atoms with Crippen LogP contribution >= 0.6 is 0 Å². The Bertz CT molecular complexity index is 1280. The number of anilines is 1. The number of amides is 1. The molecular weight excluding hydrogens is 408 g/mol. The normalized spacial score (nSPS) is 14.8. The van der Waals surface area contributed by atoms with Crippen LogP contribution < -0.4 is 10.9 Å². The fraction of sp³-hybridized carbons (Fsp3) is 0.250. The predicted molar refractivity (Wildman–Crippen MR) is 111 cm³/mol. The molecule has 1 aliphatic rings. The first-order chi connectivity index (χ1) is 14.4. The number of sulfonamides is 1. The van der Waals surface area contributed by atoms with Crippen LogP contribution in [-0.2, 0) is 21.2 Å². The monoisotopic (exact) mass is 428 g/mol. The van der Waals surface area contributed by atoms with E-state index in [-0.39, 0.29) is 28.3 Å². The molecule has 2 aromatic carbocycles. The van der Waals surface area contributed by atoms with Crippen molar-refractivity contribution in [3.63, 3.8) is 0 Å². The van der Waals surface area contributed by atoms with Crippen molar-refractivity contribution in [1.29, 1.82) is 0 Å². The van der Waals surface area contributed by atoms with Crippen LogP contribution in [0.3, 0.4) is 0 Å². The van der Waals surface area contributed by atoms with Crippen LogP contribution in [0.15, 0.2) is 52.2 Å². The fourth-order valence-electron chi connectivity index (χ4n) is 3.51. The molecule has 1 aromatic heterocycles. The predicted octanol–water partition coefficient (Wildman–Crippen LogP) is 1.59. The first-order valence-electron chi connectivity index (χ1n) is 9.45. The average molecular weight is 428 g/mol. The van der Waals surface area contributed by atoms with E-state index in [1.54, 1.807) is 24.3 Å². The van der Waals surface area contributed by atoms with Gasteiger partial charge in [0.15, 0.2) is 0 Å². The molecule has 3 N–H and O–H groups in total. The summed E-state index contributed by atoms with van der Waals surface area (Å²) in [4.78, 5) is 24.5. The van der Waals surface area contributed by atoms with Crippen molar-refractivity contribution in [3.8, 4) is 5.75 Å². The quantitative estimate of drug-likeness (QED) is 0.529. The number of carbonyl (C=O) groups is 1. The van der Waals surface area contributed by atoms with Crippen LogP contribution in [0.4, 0.5) is 5.69 Å². The molecule has 1 aliphatic heterocycles. The van der Waals surface area contributed by atoms with Gasteiger partial charge in [-0.2, -0.15) is 9.40 Å². The lowest BCUT2D eigenvalue weighted by atomic mass is 10.1. The summed E-state index contributed by atoms with van der Waals surface area (Å²) in [5.74, 6) is -0.756. The molecule has 30 heavy (non-hydrogen) atoms. The van der Waals surface area contributed by atoms with Gasteiger partial charge in [0.1, 0.15) is 5.75 Å². The highest BCUT2D eigenvalue weighted by Gasteiger charge is 2.28. The first kappa shape index (κ1) is 20.0. The third-order valence-corrected chi connectivity index (χ3v) is 6.94. The molecule has 3 aromatic rings. The van der Waals surface area contributed by atoms with Gasteiger partial charge in [-0.15, -0.1) is 0 Å². The molecule has 9 nitrogen and oxygen atoms in total. The number of rotatable bonds is 5. The molecule has 0 aliphatic carbocycles. The first-order valence-corrected chi connectivity index (χ1v) is 10.9. The van der Waals surface area contributed by atoms with Gasteiger partial charge in [-0.05, 0) is 37.1 Å². The van der Waals surface area contributed by atoms with Crippen molar-refractivity contribution in [3.05, 3.63) is 58.5 Å². The molecule has 2 heterocycles. The van der Waals surface area contributed by atoms with Gasteiger partial charge >= 0.3 is 0 Å². The number of hydrogen-bond acceptors (Lipinski definition) is 6. The summed E-state index contributed by atoms with van der Waals surface area (Å²) in [5, 5.41) is 19.9. The number of aromatic hydroxyl groups is 1. The van der Waals surface area contributed by atoms with Crippen molar-refractivity contribution < 1.29 is 18.3 Å². The van der Waals surface area contributed by atoms with Gasteiger partial charge in [-0.3, -0.25) is 9.59 Å². The minimum atomic E-state index is -3.69. The Morgan fingerprint density at radius 1 is 1.13 bits per heavy atom. The highest BCUT2D eigenvalue weighted by atomic mass is 32.2. The van der Waals surface area contributed by atoms with Crippen molar-refractivity contribution in [2.24, 2.45) is 0 Å². The maximum absolute atomic E-state index is 12.7. The number of nitrogens with one attached hydrogen (secondary N) is 2. The Balaban J connectivity index is 1.58. The third kappa shape index (κ3) is 3.79. The van der Waals surface area contributed by atoms with E-state index in [0.29, 0.717) is 29.6 Å². The lowest BCUT2D eigenvalue weighted by Crippen LogP contribution is -2.28. The number of nitrogens with zero attached hydrogens (tertiary/aromatic N) is 2. The van der Waals surface area contributed by atoms with E-state index in [4.69, 9.17) is 0 Å². The van der Waals surface area contributed by atoms with E-state index in [9.17, 15) is 23.1 Å². The topological polar surface area (TPSA) is 132 Å². The summed E-state index contributed by atoms with van der Waals surface area (Å²) in [7, 11) is -3.69. The van der Waals surface area contributed by atoms with E-state index in [1.807, 2.05) is 0 Å². The van der Waals surface area contributed by atoms with Gasteiger partial charge in [0.25, 0.3) is 5.56 Å². The summed E-state index contributed by atoms with van der Waals surface area (Å²) >= 11 is 0. The number of fused-ring (bicyclic) bond motifs is 1. The Kier molecular flexibility index (Phi) is 5.27. The van der Waals surface area contributed by atoms with E-state index in [2.05, 4.69) is 15.5 Å². The van der Waals surface area contributed by atoms with Crippen LogP contribution in [0.1, 0.15) is 18.5 Å². The Morgan fingerprint density at radius 2 is 1.83 bits per heavy atom. The number of phenols is 1. The van der Waals surface area contributed by atoms with Crippen LogP contribution in [0.25, 0.3) is 10.8 Å². The molecule has 0 bridgehead atoms. The average Bonchev–Trinajstić information content (AvgIpc) is 3.28. The maximum Gasteiger partial charge on any atom is 0.272 e. The van der Waals surface area contributed by atoms with Crippen molar-refractivity contribution in [1.82, 2.24) is 14.5 Å². The lowest BCUT2D eigenvalue weighted by Gasteiger charge is -2.16. The number of carbonyl (C=O) groups excluding carboxylic acids is 1. The number of aromatic amines is 1. The molecule has 1 amide bonds. The van der Waals surface area contributed by atoms with Crippen LogP contribution in [0, 0.1) is 0 Å². The molecule has 4 rings (SSSR count). The van der Waals surface area contributed by atoms with Gasteiger partial charge < -0.3 is 10.4 Å². The summed E-state index contributed by atoms with van der Waals surface area (Å²) in [6.45, 7) is 0.908. The standard InChI is InChI=1S/C20H20N4O5S/c25-18-8-7-13(30(28,29)24-9-3-4-10-24)11-17(18)21-19(26)12-16-14-5-1-2-6-15(14)20(27)23-22-16/h1-2,5-8,11,25H,3-4,9-10,12H2,(H,21,26)(H,23,27). The van der Waals surface area contributed by atoms with Crippen molar-refractivity contribution >= 4 is 32.4 Å². The number of phenolic OH excluding ortho intramolecular Hbond substituents is 1. The lowest BCUT2D eigenvalue weighted by molar-refractivity contribution is -0.115. The zero-order valence-corrected chi connectivity index (χ0v) is 16.8. The van der Waals surface area contributed by atoms with Gasteiger partial charge in [-0.25, -0.2) is 13.5 Å². The summed E-state index contributed by atoms with van der Waals surface area (Å²) in [5.41, 5.74) is 0.00394. The molecule has 0 radical (unpaired) electrons. The second-order valence-corrected chi connectivity index (χ2v) is 9.00. The van der Waals surface area contributed by atoms with Gasteiger partial charge in [0, 0.05) is 18.5 Å². The summed E-state index contributed by atoms with van der Waals surface area (Å²) in [6.07, 6.45) is 1.45. The highest BCUT2D eigenvalue weighted by Crippen LogP contribution is 2.29. The minimum absolute atomic E-state index is 0.00474. The smallest absolute Gasteiger partial charge is 0.272 e. The molecule has 156 valence electrons. The Labute approximate surface area is 172 Å². The highest BCUT2D eigenvalue weighted by molar-refractivity contribution is 7.89. The molecule has 0 unspecified atom stereocenters. The molecule has 1 saturated heterocycles. The molecular formula is C20H20N4O5S. The van der Waals surface area contributed by atoms with E-state index in [1.165, 1.54) is 22.5 Å². The molecule has 0 spiro atoms. The minimum Gasteiger partial charge on any atom is -0.506 e. The molecule has 10 heteroatoms. The molecule has 0 saturated carbocycles. The fourth-order valence-corrected chi connectivity index (χ4v) is 5.05. The zero-order valence-electron chi connectivity index (χ0n) is 16.0. The molecule has 0 atom stereocenters. The third-order valence-electron chi connectivity index (χ3n) is 5.05. The maximum atomic E-state index is 12.7.